The molecule has 1 aliphatic rings. The molecule has 0 saturated carbocycles. The van der Waals surface area contributed by atoms with E-state index in [2.05, 4.69) is 117 Å². The van der Waals surface area contributed by atoms with Crippen LogP contribution in [0.1, 0.15) is 68.5 Å². The zero-order valence-electron chi connectivity index (χ0n) is 32.6. The summed E-state index contributed by atoms with van der Waals surface area (Å²) in [6, 6.07) is 8.27. The van der Waals surface area contributed by atoms with E-state index in [9.17, 15) is 9.46 Å². The largest absolute Gasteiger partial charge is 0.586 e. The quantitative estimate of drug-likeness (QED) is 0.140. The SMILES string of the molecule is CC(C)(C)[Si](C)(C)OC[C@H]1O[C@@H](n2cnc3c(OP(=O)(O)Oc4ccccc4)ncnc32)[C@H](O[Si](C)(C)C(C)(C)C)[C@@H]1O[Si](C)(C)C(C)(C)C. The third-order valence-electron chi connectivity index (χ3n) is 10.9. The molecule has 280 valence electrons. The zero-order chi connectivity index (χ0) is 37.7. The van der Waals surface area contributed by atoms with E-state index in [1.54, 1.807) is 41.2 Å². The Labute approximate surface area is 301 Å². The molecule has 0 amide bonds. The highest BCUT2D eigenvalue weighted by Gasteiger charge is 2.55. The lowest BCUT2D eigenvalue weighted by molar-refractivity contribution is -0.0470. The van der Waals surface area contributed by atoms with Gasteiger partial charge in [0, 0.05) is 0 Å². The topological polar surface area (TPSA) is 136 Å². The molecule has 0 aliphatic carbocycles. The first kappa shape index (κ1) is 40.8. The Balaban J connectivity index is 1.80. The molecule has 0 radical (unpaired) electrons. The second-order valence-electron chi connectivity index (χ2n) is 17.8. The van der Waals surface area contributed by atoms with E-state index in [-0.39, 0.29) is 32.3 Å². The summed E-state index contributed by atoms with van der Waals surface area (Å²) in [7, 11) is -11.6. The maximum Gasteiger partial charge on any atom is 0.586 e. The van der Waals surface area contributed by atoms with Gasteiger partial charge in [0.1, 0.15) is 30.4 Å². The molecule has 16 heteroatoms. The lowest BCUT2D eigenvalue weighted by Crippen LogP contribution is -2.54. The van der Waals surface area contributed by atoms with E-state index >= 15 is 0 Å². The number of phosphoric ester groups is 1. The Morgan fingerprint density at radius 1 is 0.780 bits per heavy atom. The highest BCUT2D eigenvalue weighted by atomic mass is 31.2. The van der Waals surface area contributed by atoms with Crippen molar-refractivity contribution in [1.82, 2.24) is 19.5 Å². The molecule has 1 N–H and O–H groups in total. The van der Waals surface area contributed by atoms with E-state index in [0.29, 0.717) is 12.3 Å². The highest BCUT2D eigenvalue weighted by molar-refractivity contribution is 7.48. The molecule has 2 aromatic heterocycles. The van der Waals surface area contributed by atoms with Gasteiger partial charge in [-0.25, -0.2) is 14.5 Å². The van der Waals surface area contributed by atoms with Gasteiger partial charge in [0.2, 0.25) is 0 Å². The number of hydrogen-bond donors (Lipinski definition) is 1. The highest BCUT2D eigenvalue weighted by Crippen LogP contribution is 2.48. The van der Waals surface area contributed by atoms with Gasteiger partial charge in [-0.15, -0.1) is 0 Å². The van der Waals surface area contributed by atoms with Crippen molar-refractivity contribution in [2.24, 2.45) is 0 Å². The monoisotopic (exact) mass is 766 g/mol. The van der Waals surface area contributed by atoms with Crippen LogP contribution in [-0.4, -0.2) is 74.3 Å². The number of ether oxygens (including phenoxy) is 1. The fourth-order valence-corrected chi connectivity index (χ4v) is 9.10. The smallest absolute Gasteiger partial charge is 0.414 e. The number of para-hydroxylation sites is 1. The minimum Gasteiger partial charge on any atom is -0.414 e. The molecule has 0 spiro atoms. The molecule has 4 rings (SSSR count). The van der Waals surface area contributed by atoms with Gasteiger partial charge in [-0.2, -0.15) is 4.98 Å². The third-order valence-corrected chi connectivity index (χ3v) is 25.2. The minimum absolute atomic E-state index is 0.00205. The predicted octanol–water partition coefficient (Wildman–Crippen LogP) is 9.08. The Morgan fingerprint density at radius 3 is 1.86 bits per heavy atom. The fourth-order valence-electron chi connectivity index (χ4n) is 4.70. The van der Waals surface area contributed by atoms with Crippen molar-refractivity contribution >= 4 is 43.9 Å². The lowest BCUT2D eigenvalue weighted by Gasteiger charge is -2.44. The fraction of sp³-hybridized carbons (Fsp3) is 0.676. The summed E-state index contributed by atoms with van der Waals surface area (Å²) in [5, 5.41) is -0.170. The van der Waals surface area contributed by atoms with Crippen LogP contribution in [0.5, 0.6) is 11.6 Å². The molecule has 12 nitrogen and oxygen atoms in total. The van der Waals surface area contributed by atoms with E-state index < -0.39 is 57.3 Å². The average Bonchev–Trinajstić information content (AvgIpc) is 3.52. The van der Waals surface area contributed by atoms with Crippen molar-refractivity contribution < 1.29 is 36.5 Å². The maximum absolute atomic E-state index is 13.0. The Kier molecular flexibility index (Phi) is 11.5. The lowest BCUT2D eigenvalue weighted by atomic mass is 10.1. The van der Waals surface area contributed by atoms with Crippen molar-refractivity contribution in [1.29, 1.82) is 0 Å². The molecular weight excluding hydrogens is 708 g/mol. The van der Waals surface area contributed by atoms with E-state index in [0.717, 1.165) is 0 Å². The van der Waals surface area contributed by atoms with Crippen LogP contribution in [0.3, 0.4) is 0 Å². The average molecular weight is 767 g/mol. The molecule has 3 aromatic rings. The normalized spacial score (nSPS) is 22.5. The summed E-state index contributed by atoms with van der Waals surface area (Å²) < 4.78 is 53.8. The Hall–Kier alpha value is -1.95. The molecular formula is C34H59N4O8PSi3. The first-order valence-corrected chi connectivity index (χ1v) is 27.5. The van der Waals surface area contributed by atoms with Gasteiger partial charge in [0.05, 0.1) is 12.9 Å². The molecule has 1 aliphatic heterocycles. The minimum atomic E-state index is -4.63. The van der Waals surface area contributed by atoms with E-state index in [1.165, 1.54) is 6.33 Å². The molecule has 0 bridgehead atoms. The summed E-state index contributed by atoms with van der Waals surface area (Å²) in [5.74, 6) is -0.0138. The second-order valence-corrected chi connectivity index (χ2v) is 33.4. The van der Waals surface area contributed by atoms with Gasteiger partial charge in [0.15, 0.2) is 42.3 Å². The van der Waals surface area contributed by atoms with E-state index in [1.807, 2.05) is 0 Å². The van der Waals surface area contributed by atoms with E-state index in [4.69, 9.17) is 27.1 Å². The summed E-state index contributed by atoms with van der Waals surface area (Å²) in [6.07, 6.45) is 0.691. The Bertz CT molecular complexity index is 1670. The molecule has 50 heavy (non-hydrogen) atoms. The summed E-state index contributed by atoms with van der Waals surface area (Å²) >= 11 is 0. The third kappa shape index (κ3) is 8.97. The number of nitrogens with zero attached hydrogens (tertiary/aromatic N) is 4. The van der Waals surface area contributed by atoms with Crippen LogP contribution in [0.15, 0.2) is 43.0 Å². The standard InChI is InChI=1S/C34H59N4O8PSi3/c1-32(2,3)48(10,11)41-21-25-27(45-49(12,13)33(4,5)6)28(46-50(14,15)34(7,8)9)31(42-25)38-23-37-26-29(38)35-22-36-30(26)44-47(39,40)43-24-19-17-16-18-20-24/h16-20,22-23,25,27-28,31H,21H2,1-15H3,(H,39,40)/t25-,27-,28-,31-/m1/s1. The maximum atomic E-state index is 13.0. The van der Waals surface area contributed by atoms with Crippen LogP contribution in [0.4, 0.5) is 0 Å². The summed E-state index contributed by atoms with van der Waals surface area (Å²) in [6.45, 7) is 33.7. The van der Waals surface area contributed by atoms with Gasteiger partial charge >= 0.3 is 7.82 Å². The number of benzene rings is 1. The number of aromatic nitrogens is 4. The van der Waals surface area contributed by atoms with Crippen LogP contribution in [0.25, 0.3) is 11.2 Å². The number of imidazole rings is 1. The molecule has 5 atom stereocenters. The van der Waals surface area contributed by atoms with Crippen molar-refractivity contribution in [3.05, 3.63) is 43.0 Å². The van der Waals surface area contributed by atoms with Crippen molar-refractivity contribution in [3.63, 3.8) is 0 Å². The number of hydrogen-bond acceptors (Lipinski definition) is 10. The summed E-state index contributed by atoms with van der Waals surface area (Å²) in [4.78, 5) is 23.9. The Morgan fingerprint density at radius 2 is 1.32 bits per heavy atom. The second kappa shape index (κ2) is 14.1. The predicted molar refractivity (Wildman–Crippen MR) is 204 cm³/mol. The van der Waals surface area contributed by atoms with Crippen LogP contribution >= 0.6 is 7.82 Å². The van der Waals surface area contributed by atoms with Gasteiger partial charge in [-0.05, 0) is 66.5 Å². The molecule has 3 heterocycles. The zero-order valence-corrected chi connectivity index (χ0v) is 36.5. The van der Waals surface area contributed by atoms with Gasteiger partial charge in [-0.1, -0.05) is 80.5 Å². The molecule has 1 fully saturated rings. The van der Waals surface area contributed by atoms with Gasteiger partial charge in [0.25, 0.3) is 5.88 Å². The number of phosphoric acid groups is 1. The molecule has 1 unspecified atom stereocenters. The van der Waals surface area contributed by atoms with Gasteiger partial charge in [-0.3, -0.25) is 9.46 Å². The first-order valence-electron chi connectivity index (χ1n) is 17.3. The van der Waals surface area contributed by atoms with Crippen LogP contribution in [-0.2, 0) is 22.6 Å². The summed E-state index contributed by atoms with van der Waals surface area (Å²) in [5.41, 5.74) is 0.525. The van der Waals surface area contributed by atoms with Crippen LogP contribution in [0.2, 0.25) is 54.4 Å². The van der Waals surface area contributed by atoms with Crippen molar-refractivity contribution in [2.45, 2.75) is 141 Å². The molecule has 1 aromatic carbocycles. The van der Waals surface area contributed by atoms with Crippen molar-refractivity contribution in [3.8, 4) is 11.6 Å². The van der Waals surface area contributed by atoms with Crippen LogP contribution in [0, 0.1) is 0 Å². The first-order chi connectivity index (χ1) is 22.7. The number of rotatable bonds is 12. The van der Waals surface area contributed by atoms with Crippen LogP contribution < -0.4 is 9.05 Å². The number of fused-ring (bicyclic) bond motifs is 1. The van der Waals surface area contributed by atoms with Gasteiger partial charge < -0.3 is 27.1 Å². The molecule has 1 saturated heterocycles. The van der Waals surface area contributed by atoms with Crippen molar-refractivity contribution in [2.75, 3.05) is 6.61 Å².